The van der Waals surface area contributed by atoms with E-state index in [1.54, 1.807) is 4.90 Å². The van der Waals surface area contributed by atoms with Crippen molar-refractivity contribution in [3.8, 4) is 0 Å². The van der Waals surface area contributed by atoms with Crippen LogP contribution in [-0.4, -0.2) is 70.7 Å². The van der Waals surface area contributed by atoms with Crippen molar-refractivity contribution >= 4 is 17.7 Å². The molecule has 0 saturated carbocycles. The monoisotopic (exact) mass is 465 g/mol. The van der Waals surface area contributed by atoms with Crippen molar-refractivity contribution in [3.63, 3.8) is 0 Å². The molecule has 3 rings (SSSR count). The second-order valence-corrected chi connectivity index (χ2v) is 11.9. The SMILES string of the molecule is CCCNC(=O)[C@@H]1[C@H]2C(=O)N(CCCCO)C(C(=O)NC(C)(C)CC(C)(C)C)C23CC[C@H]1O3. The van der Waals surface area contributed by atoms with Gasteiger partial charge in [-0.25, -0.2) is 0 Å². The van der Waals surface area contributed by atoms with E-state index in [1.807, 2.05) is 20.8 Å². The largest absolute Gasteiger partial charge is 0.396 e. The first kappa shape index (κ1) is 25.9. The van der Waals surface area contributed by atoms with Gasteiger partial charge in [-0.2, -0.15) is 0 Å². The molecule has 8 nitrogen and oxygen atoms in total. The molecule has 0 aliphatic carbocycles. The van der Waals surface area contributed by atoms with E-state index in [0.29, 0.717) is 38.8 Å². The molecule has 3 N–H and O–H groups in total. The molecule has 188 valence electrons. The molecule has 33 heavy (non-hydrogen) atoms. The lowest BCUT2D eigenvalue weighted by Crippen LogP contribution is -2.59. The second kappa shape index (κ2) is 9.53. The van der Waals surface area contributed by atoms with Gasteiger partial charge in [-0.15, -0.1) is 0 Å². The van der Waals surface area contributed by atoms with Gasteiger partial charge in [-0.1, -0.05) is 27.7 Å². The molecular weight excluding hydrogens is 422 g/mol. The summed E-state index contributed by atoms with van der Waals surface area (Å²) in [4.78, 5) is 42.1. The Morgan fingerprint density at radius 2 is 1.88 bits per heavy atom. The number of rotatable bonds is 10. The van der Waals surface area contributed by atoms with Crippen LogP contribution in [0.2, 0.25) is 0 Å². The van der Waals surface area contributed by atoms with Gasteiger partial charge in [-0.3, -0.25) is 14.4 Å². The average Bonchev–Trinajstić information content (AvgIpc) is 3.31. The lowest BCUT2D eigenvalue weighted by atomic mass is 9.70. The number of nitrogens with one attached hydrogen (secondary N) is 2. The lowest BCUT2D eigenvalue weighted by molar-refractivity contribution is -0.143. The number of likely N-dealkylation sites (tertiary alicyclic amines) is 1. The number of fused-ring (bicyclic) bond motifs is 1. The summed E-state index contributed by atoms with van der Waals surface area (Å²) in [6.45, 7) is 13.4. The molecule has 3 aliphatic heterocycles. The number of unbranched alkanes of at least 4 members (excludes halogenated alkanes) is 1. The predicted octanol–water partition coefficient (Wildman–Crippen LogP) is 1.99. The third kappa shape index (κ3) is 5.06. The van der Waals surface area contributed by atoms with Crippen LogP contribution in [0.5, 0.6) is 0 Å². The topological polar surface area (TPSA) is 108 Å². The summed E-state index contributed by atoms with van der Waals surface area (Å²) in [5.74, 6) is -1.71. The summed E-state index contributed by atoms with van der Waals surface area (Å²) < 4.78 is 6.42. The van der Waals surface area contributed by atoms with Gasteiger partial charge >= 0.3 is 0 Å². The molecule has 5 atom stereocenters. The molecule has 3 fully saturated rings. The molecule has 0 aromatic rings. The van der Waals surface area contributed by atoms with Crippen LogP contribution < -0.4 is 10.6 Å². The number of nitrogens with zero attached hydrogens (tertiary/aromatic N) is 1. The van der Waals surface area contributed by atoms with Gasteiger partial charge in [0.25, 0.3) is 0 Å². The van der Waals surface area contributed by atoms with Crippen molar-refractivity contribution in [2.75, 3.05) is 19.7 Å². The van der Waals surface area contributed by atoms with Gasteiger partial charge in [0.1, 0.15) is 11.6 Å². The first-order valence-corrected chi connectivity index (χ1v) is 12.6. The highest BCUT2D eigenvalue weighted by atomic mass is 16.5. The highest BCUT2D eigenvalue weighted by molar-refractivity contribution is 5.99. The van der Waals surface area contributed by atoms with E-state index >= 15 is 0 Å². The van der Waals surface area contributed by atoms with E-state index in [4.69, 9.17) is 4.74 Å². The highest BCUT2D eigenvalue weighted by Crippen LogP contribution is 2.58. The third-order valence-electron chi connectivity index (χ3n) is 7.14. The maximum absolute atomic E-state index is 13.8. The van der Waals surface area contributed by atoms with Crippen LogP contribution in [-0.2, 0) is 19.1 Å². The van der Waals surface area contributed by atoms with Crippen LogP contribution in [0.25, 0.3) is 0 Å². The van der Waals surface area contributed by atoms with E-state index in [-0.39, 0.29) is 35.8 Å². The smallest absolute Gasteiger partial charge is 0.246 e. The number of aliphatic hydroxyl groups excluding tert-OH is 1. The van der Waals surface area contributed by atoms with E-state index in [1.165, 1.54) is 0 Å². The first-order chi connectivity index (χ1) is 15.4. The molecule has 0 aromatic heterocycles. The van der Waals surface area contributed by atoms with Crippen LogP contribution >= 0.6 is 0 Å². The van der Waals surface area contributed by atoms with Gasteiger partial charge < -0.3 is 25.4 Å². The first-order valence-electron chi connectivity index (χ1n) is 12.6. The molecule has 2 unspecified atom stereocenters. The van der Waals surface area contributed by atoms with Crippen LogP contribution in [0.3, 0.4) is 0 Å². The van der Waals surface area contributed by atoms with Crippen LogP contribution in [0, 0.1) is 17.3 Å². The minimum Gasteiger partial charge on any atom is -0.396 e. The van der Waals surface area contributed by atoms with Gasteiger partial charge in [0.2, 0.25) is 17.7 Å². The Labute approximate surface area is 198 Å². The third-order valence-corrected chi connectivity index (χ3v) is 7.14. The Balaban J connectivity index is 1.91. The van der Waals surface area contributed by atoms with Crippen molar-refractivity contribution in [3.05, 3.63) is 0 Å². The fourth-order valence-corrected chi connectivity index (χ4v) is 6.53. The van der Waals surface area contributed by atoms with Crippen LogP contribution in [0.1, 0.15) is 80.1 Å². The fourth-order valence-electron chi connectivity index (χ4n) is 6.53. The zero-order chi connectivity index (χ0) is 24.6. The molecule has 1 spiro atoms. The summed E-state index contributed by atoms with van der Waals surface area (Å²) in [6, 6.07) is -0.762. The van der Waals surface area contributed by atoms with Gasteiger partial charge in [0.05, 0.1) is 17.9 Å². The summed E-state index contributed by atoms with van der Waals surface area (Å²) in [5.41, 5.74) is -1.40. The molecule has 3 amide bonds. The minimum absolute atomic E-state index is 0.0225. The lowest BCUT2D eigenvalue weighted by Gasteiger charge is -2.38. The van der Waals surface area contributed by atoms with Crippen molar-refractivity contribution in [1.29, 1.82) is 0 Å². The van der Waals surface area contributed by atoms with E-state index in [9.17, 15) is 19.5 Å². The molecule has 0 aromatic carbocycles. The number of hydrogen-bond acceptors (Lipinski definition) is 5. The normalized spacial score (nSPS) is 31.1. The summed E-state index contributed by atoms with van der Waals surface area (Å²) in [6.07, 6.45) is 3.68. The van der Waals surface area contributed by atoms with E-state index in [0.717, 1.165) is 12.8 Å². The summed E-state index contributed by atoms with van der Waals surface area (Å²) in [5, 5.41) is 15.4. The number of aliphatic hydroxyl groups is 1. The van der Waals surface area contributed by atoms with Crippen molar-refractivity contribution < 1.29 is 24.2 Å². The number of carbonyl (C=O) groups excluding carboxylic acids is 3. The number of hydrogen-bond donors (Lipinski definition) is 3. The minimum atomic E-state index is -0.961. The highest BCUT2D eigenvalue weighted by Gasteiger charge is 2.74. The Kier molecular flexibility index (Phi) is 7.49. The Morgan fingerprint density at radius 3 is 2.48 bits per heavy atom. The fraction of sp³-hybridized carbons (Fsp3) is 0.880. The molecule has 3 saturated heterocycles. The molecule has 3 heterocycles. The number of ether oxygens (including phenoxy) is 1. The molecule has 2 bridgehead atoms. The standard InChI is InChI=1S/C25H43N3O5/c1-7-12-26-20(30)17-16-10-11-25(33-16)18(17)22(32)28(13-8-9-14-29)19(25)21(31)27-24(5,6)15-23(2,3)4/h16-19,29H,7-15H2,1-6H3,(H,26,30)(H,27,31)/t16-,17+,18+,19?,25?/m1/s1. The molecule has 0 radical (unpaired) electrons. The Morgan fingerprint density at radius 1 is 1.18 bits per heavy atom. The summed E-state index contributed by atoms with van der Waals surface area (Å²) in [7, 11) is 0. The predicted molar refractivity (Wildman–Crippen MR) is 125 cm³/mol. The summed E-state index contributed by atoms with van der Waals surface area (Å²) >= 11 is 0. The zero-order valence-electron chi connectivity index (χ0n) is 21.2. The van der Waals surface area contributed by atoms with Crippen molar-refractivity contribution in [2.24, 2.45) is 17.3 Å². The van der Waals surface area contributed by atoms with Crippen molar-refractivity contribution in [1.82, 2.24) is 15.5 Å². The molecular formula is C25H43N3O5. The van der Waals surface area contributed by atoms with E-state index < -0.39 is 29.0 Å². The zero-order valence-corrected chi connectivity index (χ0v) is 21.2. The van der Waals surface area contributed by atoms with Gasteiger partial charge in [0, 0.05) is 25.2 Å². The number of amides is 3. The Bertz CT molecular complexity index is 762. The molecule has 8 heteroatoms. The van der Waals surface area contributed by atoms with Crippen LogP contribution in [0.15, 0.2) is 0 Å². The average molecular weight is 466 g/mol. The Hall–Kier alpha value is -1.67. The van der Waals surface area contributed by atoms with E-state index in [2.05, 4.69) is 31.4 Å². The number of carbonyl (C=O) groups is 3. The van der Waals surface area contributed by atoms with Gasteiger partial charge in [-0.05, 0) is 57.8 Å². The molecule has 3 aliphatic rings. The van der Waals surface area contributed by atoms with Gasteiger partial charge in [0.15, 0.2) is 0 Å². The maximum atomic E-state index is 13.8. The van der Waals surface area contributed by atoms with Crippen molar-refractivity contribution in [2.45, 2.75) is 103 Å². The quantitative estimate of drug-likeness (QED) is 0.428. The van der Waals surface area contributed by atoms with Crippen LogP contribution in [0.4, 0.5) is 0 Å². The second-order valence-electron chi connectivity index (χ2n) is 11.9. The maximum Gasteiger partial charge on any atom is 0.246 e.